The summed E-state index contributed by atoms with van der Waals surface area (Å²) in [5.74, 6) is -0.268. The minimum absolute atomic E-state index is 0.0375. The molecule has 0 saturated heterocycles. The Hall–Kier alpha value is -1.74. The van der Waals surface area contributed by atoms with E-state index in [1.54, 1.807) is 24.3 Å². The highest BCUT2D eigenvalue weighted by molar-refractivity contribution is 5.42. The molecule has 1 aromatic carbocycles. The lowest BCUT2D eigenvalue weighted by atomic mass is 9.78. The zero-order valence-corrected chi connectivity index (χ0v) is 13.9. The molecule has 0 radical (unpaired) electrons. The molecule has 0 saturated carbocycles. The van der Waals surface area contributed by atoms with Gasteiger partial charge in [-0.15, -0.1) is 0 Å². The van der Waals surface area contributed by atoms with Crippen molar-refractivity contribution >= 4 is 0 Å². The van der Waals surface area contributed by atoms with Crippen molar-refractivity contribution in [2.45, 2.75) is 39.0 Å². The molecule has 1 nitrogen and oxygen atoms in total. The lowest BCUT2D eigenvalue weighted by molar-refractivity contribution is 0.458. The summed E-state index contributed by atoms with van der Waals surface area (Å²) in [5.41, 5.74) is 8.53. The zero-order chi connectivity index (χ0) is 16.8. The van der Waals surface area contributed by atoms with Gasteiger partial charge in [0.05, 0.1) is 0 Å². The van der Waals surface area contributed by atoms with Gasteiger partial charge in [-0.25, -0.2) is 8.78 Å². The fraction of sp³-hybridized carbons (Fsp3) is 0.400. The molecule has 0 amide bonds. The van der Waals surface area contributed by atoms with Crippen molar-refractivity contribution in [2.24, 2.45) is 11.7 Å². The Morgan fingerprint density at radius 3 is 2.70 bits per heavy atom. The first-order valence-electron chi connectivity index (χ1n) is 8.21. The summed E-state index contributed by atoms with van der Waals surface area (Å²) < 4.78 is 27.7. The fourth-order valence-electron chi connectivity index (χ4n) is 3.20. The summed E-state index contributed by atoms with van der Waals surface area (Å²) in [6.07, 6.45) is 7.65. The van der Waals surface area contributed by atoms with Crippen LogP contribution in [0.1, 0.15) is 44.6 Å². The molecule has 3 heteroatoms. The van der Waals surface area contributed by atoms with Gasteiger partial charge in [0, 0.05) is 5.92 Å². The van der Waals surface area contributed by atoms with Gasteiger partial charge in [-0.1, -0.05) is 30.7 Å². The maximum atomic E-state index is 14.0. The van der Waals surface area contributed by atoms with Crippen LogP contribution in [0.4, 0.5) is 8.78 Å². The summed E-state index contributed by atoms with van der Waals surface area (Å²) in [5, 5.41) is 0. The second-order valence-electron chi connectivity index (χ2n) is 6.37. The van der Waals surface area contributed by atoms with E-state index < -0.39 is 0 Å². The smallest absolute Gasteiger partial charge is 0.123 e. The summed E-state index contributed by atoms with van der Waals surface area (Å²) in [7, 11) is 0. The second kappa shape index (κ2) is 8.21. The van der Waals surface area contributed by atoms with Gasteiger partial charge in [0.2, 0.25) is 0 Å². The Kier molecular flexibility index (Phi) is 6.28. The molecule has 23 heavy (non-hydrogen) atoms. The largest absolute Gasteiger partial charge is 0.330 e. The molecule has 0 heterocycles. The summed E-state index contributed by atoms with van der Waals surface area (Å²) in [6, 6.07) is 6.63. The molecule has 1 aliphatic carbocycles. The average Bonchev–Trinajstić information content (AvgIpc) is 2.67. The molecule has 124 valence electrons. The standard InChI is InChI=1S/C20H25F2N/c1-14-8-9-19(22)13-17(11-14)20(15(2)5-4-10-23)16-6-3-7-18(21)12-16/h3,6-7,9,11-13,15,20H,4-5,8,10,23H2,1-2H3. The zero-order valence-electron chi connectivity index (χ0n) is 13.9. The van der Waals surface area contributed by atoms with Gasteiger partial charge in [0.15, 0.2) is 0 Å². The Morgan fingerprint density at radius 1 is 1.22 bits per heavy atom. The van der Waals surface area contributed by atoms with E-state index >= 15 is 0 Å². The van der Waals surface area contributed by atoms with Crippen LogP contribution in [0.3, 0.4) is 0 Å². The molecule has 0 aromatic heterocycles. The minimum atomic E-state index is -0.260. The quantitative estimate of drug-likeness (QED) is 0.745. The lowest BCUT2D eigenvalue weighted by Crippen LogP contribution is -2.14. The third-order valence-electron chi connectivity index (χ3n) is 4.34. The van der Waals surface area contributed by atoms with E-state index in [9.17, 15) is 8.78 Å². The van der Waals surface area contributed by atoms with E-state index in [4.69, 9.17) is 5.73 Å². The van der Waals surface area contributed by atoms with E-state index in [0.29, 0.717) is 13.0 Å². The van der Waals surface area contributed by atoms with Crippen molar-refractivity contribution in [1.29, 1.82) is 0 Å². The van der Waals surface area contributed by atoms with Crippen LogP contribution >= 0.6 is 0 Å². The van der Waals surface area contributed by atoms with Crippen molar-refractivity contribution in [1.82, 2.24) is 0 Å². The van der Waals surface area contributed by atoms with Crippen LogP contribution in [0.25, 0.3) is 0 Å². The number of hydrogen-bond donors (Lipinski definition) is 1. The van der Waals surface area contributed by atoms with Gasteiger partial charge in [-0.05, 0) is 74.1 Å². The van der Waals surface area contributed by atoms with Crippen molar-refractivity contribution < 1.29 is 8.78 Å². The molecule has 0 aliphatic heterocycles. The van der Waals surface area contributed by atoms with E-state index in [2.05, 4.69) is 6.92 Å². The molecule has 0 fully saturated rings. The van der Waals surface area contributed by atoms with Crippen LogP contribution < -0.4 is 5.73 Å². The van der Waals surface area contributed by atoms with Crippen LogP contribution in [-0.4, -0.2) is 6.54 Å². The highest BCUT2D eigenvalue weighted by atomic mass is 19.1. The number of benzene rings is 1. The molecular formula is C20H25F2N. The molecule has 1 aromatic rings. The monoisotopic (exact) mass is 317 g/mol. The van der Waals surface area contributed by atoms with Crippen molar-refractivity contribution in [3.05, 3.63) is 70.8 Å². The number of nitrogens with two attached hydrogens (primary N) is 1. The van der Waals surface area contributed by atoms with Crippen molar-refractivity contribution in [3.8, 4) is 0 Å². The van der Waals surface area contributed by atoms with Crippen LogP contribution in [0.15, 0.2) is 59.5 Å². The normalized spacial score (nSPS) is 17.7. The Labute approximate surface area is 137 Å². The van der Waals surface area contributed by atoms with Crippen LogP contribution in [-0.2, 0) is 0 Å². The molecule has 1 aliphatic rings. The molecule has 2 unspecified atom stereocenters. The number of halogens is 2. The van der Waals surface area contributed by atoms with Gasteiger partial charge in [-0.3, -0.25) is 0 Å². The molecule has 2 N–H and O–H groups in total. The maximum Gasteiger partial charge on any atom is 0.123 e. The number of rotatable bonds is 6. The maximum absolute atomic E-state index is 14.0. The number of allylic oxidation sites excluding steroid dienone is 6. The SMILES string of the molecule is CC1=CC(C(c2cccc(F)c2)C(C)CCCN)=CC(F)=CC1. The highest BCUT2D eigenvalue weighted by Gasteiger charge is 2.23. The Bertz CT molecular complexity index is 628. The summed E-state index contributed by atoms with van der Waals surface area (Å²) in [4.78, 5) is 0. The van der Waals surface area contributed by atoms with Crippen molar-refractivity contribution in [2.75, 3.05) is 6.54 Å². The Balaban J connectivity index is 2.44. The molecule has 0 spiro atoms. The van der Waals surface area contributed by atoms with Gasteiger partial charge < -0.3 is 5.73 Å². The summed E-state index contributed by atoms with van der Waals surface area (Å²) in [6.45, 7) is 4.75. The van der Waals surface area contributed by atoms with Gasteiger partial charge in [0.25, 0.3) is 0 Å². The van der Waals surface area contributed by atoms with E-state index in [-0.39, 0.29) is 23.5 Å². The molecule has 2 rings (SSSR count). The van der Waals surface area contributed by atoms with Gasteiger partial charge >= 0.3 is 0 Å². The van der Waals surface area contributed by atoms with E-state index in [1.165, 1.54) is 6.07 Å². The molecular weight excluding hydrogens is 292 g/mol. The fourth-order valence-corrected chi connectivity index (χ4v) is 3.20. The van der Waals surface area contributed by atoms with E-state index in [0.717, 1.165) is 29.6 Å². The first kappa shape index (κ1) is 17.6. The predicted molar refractivity (Wildman–Crippen MR) is 92.2 cm³/mol. The van der Waals surface area contributed by atoms with Crippen LogP contribution in [0, 0.1) is 11.7 Å². The number of hydrogen-bond acceptors (Lipinski definition) is 1. The summed E-state index contributed by atoms with van der Waals surface area (Å²) >= 11 is 0. The Morgan fingerprint density at radius 2 is 2.00 bits per heavy atom. The lowest BCUT2D eigenvalue weighted by Gasteiger charge is -2.26. The topological polar surface area (TPSA) is 26.0 Å². The minimum Gasteiger partial charge on any atom is -0.330 e. The van der Waals surface area contributed by atoms with E-state index in [1.807, 2.05) is 19.1 Å². The van der Waals surface area contributed by atoms with Gasteiger partial charge in [-0.2, -0.15) is 0 Å². The highest BCUT2D eigenvalue weighted by Crippen LogP contribution is 2.37. The first-order valence-corrected chi connectivity index (χ1v) is 8.21. The average molecular weight is 317 g/mol. The third-order valence-corrected chi connectivity index (χ3v) is 4.34. The molecule has 0 bridgehead atoms. The first-order chi connectivity index (χ1) is 11.0. The molecule has 2 atom stereocenters. The second-order valence-corrected chi connectivity index (χ2v) is 6.37. The van der Waals surface area contributed by atoms with Crippen LogP contribution in [0.5, 0.6) is 0 Å². The van der Waals surface area contributed by atoms with Crippen molar-refractivity contribution in [3.63, 3.8) is 0 Å². The third kappa shape index (κ3) is 4.87. The predicted octanol–water partition coefficient (Wildman–Crippen LogP) is 5.41. The van der Waals surface area contributed by atoms with Crippen LogP contribution in [0.2, 0.25) is 0 Å². The van der Waals surface area contributed by atoms with Gasteiger partial charge in [0.1, 0.15) is 11.6 Å².